The summed E-state index contributed by atoms with van der Waals surface area (Å²) in [6.07, 6.45) is 2.12. The molecule has 1 aromatic rings. The van der Waals surface area contributed by atoms with Gasteiger partial charge in [-0.3, -0.25) is 0 Å². The van der Waals surface area contributed by atoms with Crippen LogP contribution in [0.1, 0.15) is 23.2 Å². The van der Waals surface area contributed by atoms with E-state index >= 15 is 0 Å². The first-order valence-corrected chi connectivity index (χ1v) is 7.97. The van der Waals surface area contributed by atoms with Crippen LogP contribution in [0, 0.1) is 5.92 Å². The van der Waals surface area contributed by atoms with Crippen LogP contribution in [0.3, 0.4) is 0 Å². The smallest absolute Gasteiger partial charge is 0.137 e. The minimum Gasteiger partial charge on any atom is -0.495 e. The topological polar surface area (TPSA) is 18.5 Å². The molecule has 1 aliphatic rings. The zero-order valence-electron chi connectivity index (χ0n) is 10.1. The van der Waals surface area contributed by atoms with E-state index in [1.807, 2.05) is 12.1 Å². The fourth-order valence-corrected chi connectivity index (χ4v) is 4.13. The van der Waals surface area contributed by atoms with Gasteiger partial charge in [0.1, 0.15) is 5.75 Å². The van der Waals surface area contributed by atoms with Crippen molar-refractivity contribution in [2.45, 2.75) is 17.7 Å². The average molecular weight is 399 g/mol. The first-order chi connectivity index (χ1) is 8.63. The Hall–Kier alpha value is 0.230. The summed E-state index contributed by atoms with van der Waals surface area (Å²) in [5.41, 5.74) is 1.10. The van der Waals surface area contributed by atoms with Crippen molar-refractivity contribution in [1.82, 2.24) is 0 Å². The maximum atomic E-state index is 6.13. The van der Waals surface area contributed by atoms with Gasteiger partial charge in [-0.2, -0.15) is 0 Å². The fourth-order valence-electron chi connectivity index (χ4n) is 2.26. The monoisotopic (exact) mass is 396 g/mol. The Morgan fingerprint density at radius 3 is 2.67 bits per heavy atom. The van der Waals surface area contributed by atoms with Crippen LogP contribution in [-0.2, 0) is 4.74 Å². The van der Waals surface area contributed by atoms with Gasteiger partial charge in [0.05, 0.1) is 11.6 Å². The molecule has 0 aliphatic carbocycles. The second-order valence-corrected chi connectivity index (χ2v) is 6.64. The van der Waals surface area contributed by atoms with Gasteiger partial charge in [-0.25, -0.2) is 0 Å². The largest absolute Gasteiger partial charge is 0.495 e. The van der Waals surface area contributed by atoms with Gasteiger partial charge in [0, 0.05) is 28.6 Å². The molecule has 0 spiro atoms. The predicted octanol–water partition coefficient (Wildman–Crippen LogP) is 4.97. The molecule has 1 fully saturated rings. The Balaban J connectivity index is 2.30. The lowest BCUT2D eigenvalue weighted by Crippen LogP contribution is -2.19. The first kappa shape index (κ1) is 14.6. The lowest BCUT2D eigenvalue weighted by atomic mass is 9.92. The molecule has 0 bridgehead atoms. The number of rotatable bonds is 3. The molecule has 1 atom stereocenters. The highest BCUT2D eigenvalue weighted by molar-refractivity contribution is 9.10. The summed E-state index contributed by atoms with van der Waals surface area (Å²) in [6, 6.07) is 3.83. The number of hydrogen-bond acceptors (Lipinski definition) is 2. The van der Waals surface area contributed by atoms with Gasteiger partial charge >= 0.3 is 0 Å². The average Bonchev–Trinajstić information content (AvgIpc) is 2.38. The summed E-state index contributed by atoms with van der Waals surface area (Å²) in [4.78, 5) is 0.242. The maximum absolute atomic E-state index is 6.13. The van der Waals surface area contributed by atoms with Crippen molar-refractivity contribution in [2.24, 2.45) is 5.92 Å². The molecule has 0 amide bonds. The van der Waals surface area contributed by atoms with Gasteiger partial charge in [0.15, 0.2) is 0 Å². The molecule has 100 valence electrons. The minimum absolute atomic E-state index is 0.242. The van der Waals surface area contributed by atoms with Crippen LogP contribution in [-0.4, -0.2) is 20.3 Å². The molecule has 5 heteroatoms. The van der Waals surface area contributed by atoms with E-state index in [-0.39, 0.29) is 4.83 Å². The van der Waals surface area contributed by atoms with E-state index in [1.54, 1.807) is 7.11 Å². The number of alkyl halides is 1. The Morgan fingerprint density at radius 2 is 2.06 bits per heavy atom. The van der Waals surface area contributed by atoms with Gasteiger partial charge in [-0.05, 0) is 46.8 Å². The molecule has 0 aromatic heterocycles. The normalized spacial score (nSPS) is 18.7. The van der Waals surface area contributed by atoms with Crippen LogP contribution in [0.15, 0.2) is 16.6 Å². The number of hydrogen-bond donors (Lipinski definition) is 0. The molecule has 1 heterocycles. The minimum atomic E-state index is 0.242. The molecule has 1 aromatic carbocycles. The number of ether oxygens (including phenoxy) is 2. The Morgan fingerprint density at radius 1 is 1.39 bits per heavy atom. The zero-order valence-corrected chi connectivity index (χ0v) is 14.0. The quantitative estimate of drug-likeness (QED) is 0.669. The van der Waals surface area contributed by atoms with E-state index in [2.05, 4.69) is 31.9 Å². The van der Waals surface area contributed by atoms with Gasteiger partial charge in [0.25, 0.3) is 0 Å². The number of methoxy groups -OCH3 is 1. The lowest BCUT2D eigenvalue weighted by Gasteiger charge is -2.28. The van der Waals surface area contributed by atoms with Crippen molar-refractivity contribution < 1.29 is 9.47 Å². The highest BCUT2D eigenvalue weighted by Gasteiger charge is 2.26. The predicted molar refractivity (Wildman–Crippen MR) is 80.9 cm³/mol. The van der Waals surface area contributed by atoms with Gasteiger partial charge < -0.3 is 9.47 Å². The second-order valence-electron chi connectivity index (χ2n) is 4.36. The maximum Gasteiger partial charge on any atom is 0.137 e. The zero-order chi connectivity index (χ0) is 13.1. The van der Waals surface area contributed by atoms with Gasteiger partial charge in [-0.1, -0.05) is 27.5 Å². The Bertz CT molecular complexity index is 420. The standard InChI is InChI=1S/C13H15Br2ClO2/c1-17-13-10(6-9(16)7-11(13)14)12(15)8-2-4-18-5-3-8/h6-8,12H,2-5H2,1H3. The summed E-state index contributed by atoms with van der Waals surface area (Å²) < 4.78 is 11.8. The lowest BCUT2D eigenvalue weighted by molar-refractivity contribution is 0.0660. The van der Waals surface area contributed by atoms with E-state index in [1.165, 1.54) is 0 Å². The molecule has 1 unspecified atom stereocenters. The van der Waals surface area contributed by atoms with Crippen LogP contribution < -0.4 is 4.74 Å². The van der Waals surface area contributed by atoms with Crippen LogP contribution in [0.2, 0.25) is 5.02 Å². The SMILES string of the molecule is COc1c(Br)cc(Cl)cc1C(Br)C1CCOCC1. The molecule has 2 nitrogen and oxygen atoms in total. The second kappa shape index (κ2) is 6.60. The number of halogens is 3. The summed E-state index contributed by atoms with van der Waals surface area (Å²) in [7, 11) is 1.68. The number of benzene rings is 1. The van der Waals surface area contributed by atoms with Crippen molar-refractivity contribution in [3.8, 4) is 5.75 Å². The Labute approximate surface area is 129 Å². The van der Waals surface area contributed by atoms with Crippen LogP contribution in [0.4, 0.5) is 0 Å². The van der Waals surface area contributed by atoms with E-state index in [0.717, 1.165) is 41.8 Å². The van der Waals surface area contributed by atoms with Crippen molar-refractivity contribution in [2.75, 3.05) is 20.3 Å². The van der Waals surface area contributed by atoms with Crippen molar-refractivity contribution >= 4 is 43.5 Å². The van der Waals surface area contributed by atoms with Crippen molar-refractivity contribution in [3.05, 3.63) is 27.2 Å². The van der Waals surface area contributed by atoms with E-state index in [0.29, 0.717) is 10.9 Å². The summed E-state index contributed by atoms with van der Waals surface area (Å²) >= 11 is 13.4. The van der Waals surface area contributed by atoms with E-state index < -0.39 is 0 Å². The van der Waals surface area contributed by atoms with Crippen LogP contribution in [0.25, 0.3) is 0 Å². The molecular formula is C13H15Br2ClO2. The fraction of sp³-hybridized carbons (Fsp3) is 0.538. The highest BCUT2D eigenvalue weighted by Crippen LogP contribution is 2.44. The molecule has 18 heavy (non-hydrogen) atoms. The summed E-state index contributed by atoms with van der Waals surface area (Å²) in [6.45, 7) is 1.66. The molecule has 1 aliphatic heterocycles. The molecule has 1 saturated heterocycles. The van der Waals surface area contributed by atoms with Crippen LogP contribution in [0.5, 0.6) is 5.75 Å². The summed E-state index contributed by atoms with van der Waals surface area (Å²) in [5.74, 6) is 1.41. The molecular weight excluding hydrogens is 383 g/mol. The molecule has 2 rings (SSSR count). The molecule has 0 saturated carbocycles. The van der Waals surface area contributed by atoms with Gasteiger partial charge in [-0.15, -0.1) is 0 Å². The first-order valence-electron chi connectivity index (χ1n) is 5.88. The van der Waals surface area contributed by atoms with Gasteiger partial charge in [0.2, 0.25) is 0 Å². The van der Waals surface area contributed by atoms with Crippen molar-refractivity contribution in [3.63, 3.8) is 0 Å². The van der Waals surface area contributed by atoms with Crippen LogP contribution >= 0.6 is 43.5 Å². The van der Waals surface area contributed by atoms with E-state index in [9.17, 15) is 0 Å². The summed E-state index contributed by atoms with van der Waals surface area (Å²) in [5, 5.41) is 0.717. The Kier molecular flexibility index (Phi) is 5.36. The van der Waals surface area contributed by atoms with E-state index in [4.69, 9.17) is 21.1 Å². The molecule has 0 radical (unpaired) electrons. The third kappa shape index (κ3) is 3.21. The highest BCUT2D eigenvalue weighted by atomic mass is 79.9. The third-order valence-electron chi connectivity index (χ3n) is 3.22. The third-order valence-corrected chi connectivity index (χ3v) is 5.27. The van der Waals surface area contributed by atoms with Crippen molar-refractivity contribution in [1.29, 1.82) is 0 Å². The molecule has 0 N–H and O–H groups in total.